The molecule has 0 aliphatic carbocycles. The lowest BCUT2D eigenvalue weighted by Gasteiger charge is -2.04. The Hall–Kier alpha value is -1.75. The Morgan fingerprint density at radius 2 is 2.00 bits per heavy atom. The van der Waals surface area contributed by atoms with E-state index in [2.05, 4.69) is 10.2 Å². The first kappa shape index (κ1) is 8.83. The lowest BCUT2D eigenvalue weighted by Crippen LogP contribution is -2.00. The molecule has 0 aliphatic rings. The number of halogens is 1. The minimum atomic E-state index is -0.318. The number of hydrogen-bond donors (Lipinski definition) is 1. The normalized spacial score (nSPS) is 10.4. The van der Waals surface area contributed by atoms with Crippen molar-refractivity contribution in [1.82, 2.24) is 14.8 Å². The molecule has 0 saturated heterocycles. The van der Waals surface area contributed by atoms with Crippen molar-refractivity contribution in [3.63, 3.8) is 0 Å². The lowest BCUT2D eigenvalue weighted by molar-refractivity contribution is 0.617. The summed E-state index contributed by atoms with van der Waals surface area (Å²) in [5.74, 6) is -0.318. The summed E-state index contributed by atoms with van der Waals surface area (Å²) in [5.41, 5.74) is 6.74. The van der Waals surface area contributed by atoms with Crippen molar-refractivity contribution in [2.75, 3.05) is 0 Å². The number of aromatic nitrogens is 3. The highest BCUT2D eigenvalue weighted by atomic mass is 19.1. The topological polar surface area (TPSA) is 56.7 Å². The van der Waals surface area contributed by atoms with Gasteiger partial charge in [0.1, 0.15) is 18.5 Å². The Morgan fingerprint density at radius 3 is 2.64 bits per heavy atom. The van der Waals surface area contributed by atoms with Gasteiger partial charge in [-0.2, -0.15) is 0 Å². The molecular weight excluding hydrogens is 183 g/mol. The van der Waals surface area contributed by atoms with Crippen molar-refractivity contribution < 1.29 is 4.39 Å². The molecule has 2 N–H and O–H groups in total. The Labute approximate surface area is 80.2 Å². The van der Waals surface area contributed by atoms with E-state index < -0.39 is 0 Å². The van der Waals surface area contributed by atoms with Crippen LogP contribution in [0.3, 0.4) is 0 Å². The second-order valence-corrected chi connectivity index (χ2v) is 2.86. The van der Waals surface area contributed by atoms with E-state index in [0.29, 0.717) is 12.2 Å². The zero-order valence-corrected chi connectivity index (χ0v) is 7.39. The van der Waals surface area contributed by atoms with Crippen LogP contribution in [0.2, 0.25) is 0 Å². The number of nitrogens with two attached hydrogens (primary N) is 1. The van der Waals surface area contributed by atoms with E-state index in [4.69, 9.17) is 5.73 Å². The van der Waals surface area contributed by atoms with Gasteiger partial charge in [-0.05, 0) is 17.7 Å². The maximum absolute atomic E-state index is 13.4. The lowest BCUT2D eigenvalue weighted by atomic mass is 10.2. The van der Waals surface area contributed by atoms with Crippen molar-refractivity contribution in [3.8, 4) is 5.69 Å². The maximum atomic E-state index is 13.4. The quantitative estimate of drug-likeness (QED) is 0.767. The van der Waals surface area contributed by atoms with Crippen LogP contribution in [-0.2, 0) is 6.54 Å². The summed E-state index contributed by atoms with van der Waals surface area (Å²) in [6.07, 6.45) is 2.89. The molecule has 0 bridgehead atoms. The van der Waals surface area contributed by atoms with Crippen LogP contribution in [0.15, 0.2) is 30.9 Å². The van der Waals surface area contributed by atoms with Crippen LogP contribution < -0.4 is 5.73 Å². The van der Waals surface area contributed by atoms with Gasteiger partial charge in [-0.15, -0.1) is 10.2 Å². The molecule has 5 heteroatoms. The van der Waals surface area contributed by atoms with Crippen molar-refractivity contribution in [2.24, 2.45) is 5.73 Å². The first-order chi connectivity index (χ1) is 6.81. The van der Waals surface area contributed by atoms with Crippen LogP contribution >= 0.6 is 0 Å². The third kappa shape index (κ3) is 1.49. The minimum absolute atomic E-state index is 0.318. The second-order valence-electron chi connectivity index (χ2n) is 2.86. The summed E-state index contributed by atoms with van der Waals surface area (Å²) < 4.78 is 14.9. The van der Waals surface area contributed by atoms with Gasteiger partial charge in [0, 0.05) is 6.54 Å². The second kappa shape index (κ2) is 3.55. The summed E-state index contributed by atoms with van der Waals surface area (Å²) in [6.45, 7) is 0.384. The molecule has 14 heavy (non-hydrogen) atoms. The van der Waals surface area contributed by atoms with Gasteiger partial charge in [0.2, 0.25) is 0 Å². The third-order valence-electron chi connectivity index (χ3n) is 1.94. The SMILES string of the molecule is NCc1ccc(F)c(-n2cnnc2)c1. The van der Waals surface area contributed by atoms with E-state index in [1.165, 1.54) is 23.3 Å². The zero-order chi connectivity index (χ0) is 9.97. The largest absolute Gasteiger partial charge is 0.326 e. The maximum Gasteiger partial charge on any atom is 0.147 e. The highest BCUT2D eigenvalue weighted by Crippen LogP contribution is 2.14. The fourth-order valence-corrected chi connectivity index (χ4v) is 1.21. The highest BCUT2D eigenvalue weighted by molar-refractivity contribution is 5.37. The van der Waals surface area contributed by atoms with Gasteiger partial charge >= 0.3 is 0 Å². The van der Waals surface area contributed by atoms with Crippen LogP contribution in [0.25, 0.3) is 5.69 Å². The Balaban J connectivity index is 2.51. The average Bonchev–Trinajstić information content (AvgIpc) is 2.71. The molecule has 0 atom stereocenters. The molecule has 1 heterocycles. The summed E-state index contributed by atoms with van der Waals surface area (Å²) in [7, 11) is 0. The predicted octanol–water partition coefficient (Wildman–Crippen LogP) is 0.865. The predicted molar refractivity (Wildman–Crippen MR) is 49.2 cm³/mol. The molecule has 0 spiro atoms. The van der Waals surface area contributed by atoms with Crippen molar-refractivity contribution in [1.29, 1.82) is 0 Å². The smallest absolute Gasteiger partial charge is 0.147 e. The summed E-state index contributed by atoms with van der Waals surface area (Å²) >= 11 is 0. The molecule has 0 aliphatic heterocycles. The first-order valence-corrected chi connectivity index (χ1v) is 4.15. The molecule has 0 radical (unpaired) electrons. The monoisotopic (exact) mass is 192 g/mol. The van der Waals surface area contributed by atoms with Crippen LogP contribution in [0.4, 0.5) is 4.39 Å². The number of rotatable bonds is 2. The van der Waals surface area contributed by atoms with Gasteiger partial charge in [-0.3, -0.25) is 4.57 Å². The molecule has 2 aromatic rings. The Kier molecular flexibility index (Phi) is 2.24. The molecular formula is C9H9FN4. The zero-order valence-electron chi connectivity index (χ0n) is 7.39. The molecule has 1 aromatic heterocycles. The molecule has 0 amide bonds. The van der Waals surface area contributed by atoms with Gasteiger partial charge in [0.15, 0.2) is 0 Å². The molecule has 72 valence electrons. The standard InChI is InChI=1S/C9H9FN4/c10-8-2-1-7(4-11)3-9(8)14-5-12-13-6-14/h1-3,5-6H,4,11H2. The average molecular weight is 192 g/mol. The molecule has 0 fully saturated rings. The van der Waals surface area contributed by atoms with Gasteiger partial charge in [0.25, 0.3) is 0 Å². The molecule has 0 saturated carbocycles. The number of benzene rings is 1. The van der Waals surface area contributed by atoms with E-state index >= 15 is 0 Å². The summed E-state index contributed by atoms with van der Waals surface area (Å²) in [5, 5.41) is 7.22. The van der Waals surface area contributed by atoms with Gasteiger partial charge in [-0.1, -0.05) is 6.07 Å². The fourth-order valence-electron chi connectivity index (χ4n) is 1.21. The van der Waals surface area contributed by atoms with Crippen molar-refractivity contribution in [2.45, 2.75) is 6.54 Å². The minimum Gasteiger partial charge on any atom is -0.326 e. The third-order valence-corrected chi connectivity index (χ3v) is 1.94. The van der Waals surface area contributed by atoms with Crippen LogP contribution in [0.5, 0.6) is 0 Å². The summed E-state index contributed by atoms with van der Waals surface area (Å²) in [6, 6.07) is 4.72. The van der Waals surface area contributed by atoms with E-state index in [9.17, 15) is 4.39 Å². The molecule has 0 unspecified atom stereocenters. The molecule has 4 nitrogen and oxygen atoms in total. The fraction of sp³-hybridized carbons (Fsp3) is 0.111. The van der Waals surface area contributed by atoms with E-state index in [0.717, 1.165) is 5.56 Å². The highest BCUT2D eigenvalue weighted by Gasteiger charge is 2.04. The van der Waals surface area contributed by atoms with Crippen LogP contribution in [0, 0.1) is 5.82 Å². The van der Waals surface area contributed by atoms with Crippen molar-refractivity contribution in [3.05, 3.63) is 42.2 Å². The van der Waals surface area contributed by atoms with Gasteiger partial charge in [-0.25, -0.2) is 4.39 Å². The Bertz CT molecular complexity index is 424. The van der Waals surface area contributed by atoms with E-state index in [-0.39, 0.29) is 5.82 Å². The number of nitrogens with zero attached hydrogens (tertiary/aromatic N) is 3. The van der Waals surface area contributed by atoms with Crippen LogP contribution in [0.1, 0.15) is 5.56 Å². The van der Waals surface area contributed by atoms with E-state index in [1.54, 1.807) is 12.1 Å². The Morgan fingerprint density at radius 1 is 1.29 bits per heavy atom. The summed E-state index contributed by atoms with van der Waals surface area (Å²) in [4.78, 5) is 0. The van der Waals surface area contributed by atoms with Gasteiger partial charge < -0.3 is 5.73 Å². The van der Waals surface area contributed by atoms with Crippen LogP contribution in [-0.4, -0.2) is 14.8 Å². The first-order valence-electron chi connectivity index (χ1n) is 4.15. The molecule has 2 rings (SSSR count). The number of hydrogen-bond acceptors (Lipinski definition) is 3. The van der Waals surface area contributed by atoms with Gasteiger partial charge in [0.05, 0.1) is 5.69 Å². The van der Waals surface area contributed by atoms with E-state index in [1.807, 2.05) is 0 Å². The van der Waals surface area contributed by atoms with Crippen molar-refractivity contribution >= 4 is 0 Å². The molecule has 1 aromatic carbocycles.